The molecular weight excluding hydrogens is 635 g/mol. The smallest absolute Gasteiger partial charge is 0.227 e. The van der Waals surface area contributed by atoms with Crippen molar-refractivity contribution < 1.29 is 30.0 Å². The van der Waals surface area contributed by atoms with Gasteiger partial charge in [-0.25, -0.2) is 29.6 Å². The number of carbonyl (C=O) groups is 1. The molecule has 2 aromatic rings. The highest BCUT2D eigenvalue weighted by Gasteiger charge is 2.32. The van der Waals surface area contributed by atoms with Crippen LogP contribution in [0, 0.1) is 5.92 Å². The van der Waals surface area contributed by atoms with Gasteiger partial charge in [0, 0.05) is 51.3 Å². The zero-order chi connectivity index (χ0) is 33.0. The minimum atomic E-state index is -3.36. The van der Waals surface area contributed by atoms with Gasteiger partial charge in [0.05, 0.1) is 22.5 Å². The van der Waals surface area contributed by atoms with Crippen LogP contribution in [0.25, 0.3) is 0 Å². The minimum absolute atomic E-state index is 0.0364. The van der Waals surface area contributed by atoms with Gasteiger partial charge in [-0.15, -0.1) is 0 Å². The largest absolute Gasteiger partial charge is 0.340 e. The van der Waals surface area contributed by atoms with Gasteiger partial charge in [0.15, 0.2) is 19.7 Å². The molecule has 0 unspecified atom stereocenters. The van der Waals surface area contributed by atoms with Crippen LogP contribution < -0.4 is 0 Å². The topological polar surface area (TPSA) is 129 Å². The van der Waals surface area contributed by atoms with Gasteiger partial charge in [-0.1, -0.05) is 24.3 Å². The van der Waals surface area contributed by atoms with Crippen LogP contribution >= 0.6 is 0 Å². The Hall–Kier alpha value is -2.32. The number of likely N-dealkylation sites (tertiary alicyclic amines) is 1. The molecule has 0 spiro atoms. The first-order chi connectivity index (χ1) is 21.1. The molecule has 13 heteroatoms. The second-order valence-electron chi connectivity index (χ2n) is 12.6. The molecule has 250 valence electrons. The van der Waals surface area contributed by atoms with Crippen LogP contribution in [0.15, 0.2) is 58.3 Å². The van der Waals surface area contributed by atoms with E-state index >= 15 is 0 Å². The third kappa shape index (κ3) is 9.60. The molecule has 0 radical (unpaired) electrons. The average molecular weight is 682 g/mol. The maximum Gasteiger partial charge on any atom is 0.227 e. The summed E-state index contributed by atoms with van der Waals surface area (Å²) in [6.07, 6.45) is 7.86. The van der Waals surface area contributed by atoms with Crippen molar-refractivity contribution in [3.05, 3.63) is 59.7 Å². The van der Waals surface area contributed by atoms with Crippen molar-refractivity contribution in [3.63, 3.8) is 0 Å². The second kappa shape index (κ2) is 14.6. The van der Waals surface area contributed by atoms with E-state index in [0.717, 1.165) is 62.9 Å². The number of piperidine rings is 2. The molecule has 0 aromatic heterocycles. The van der Waals surface area contributed by atoms with Gasteiger partial charge in [0.2, 0.25) is 15.9 Å². The normalized spacial score (nSPS) is 18.9. The molecule has 2 fully saturated rings. The number of nitrogens with zero attached hydrogens (tertiary/aromatic N) is 3. The summed E-state index contributed by atoms with van der Waals surface area (Å²) in [5.74, 6) is 0.387. The summed E-state index contributed by atoms with van der Waals surface area (Å²) in [7, 11) is -9.89. The molecular formula is C32H47N3O7S3. The molecule has 1 atom stereocenters. The van der Waals surface area contributed by atoms with Crippen molar-refractivity contribution in [2.75, 3.05) is 58.0 Å². The Balaban J connectivity index is 1.38. The summed E-state index contributed by atoms with van der Waals surface area (Å²) in [6, 6.07) is 13.8. The number of rotatable bonds is 12. The second-order valence-corrected chi connectivity index (χ2v) is 18.6. The molecule has 10 nitrogen and oxygen atoms in total. The van der Waals surface area contributed by atoms with E-state index in [1.165, 1.54) is 23.1 Å². The number of sulfonamides is 1. The van der Waals surface area contributed by atoms with Gasteiger partial charge in [-0.2, -0.15) is 0 Å². The number of sulfone groups is 2. The third-order valence-electron chi connectivity index (χ3n) is 9.37. The first-order valence-electron chi connectivity index (χ1n) is 15.6. The van der Waals surface area contributed by atoms with Crippen molar-refractivity contribution in [2.45, 2.75) is 67.2 Å². The Morgan fingerprint density at radius 2 is 1.42 bits per heavy atom. The predicted octanol–water partition coefficient (Wildman–Crippen LogP) is 3.19. The van der Waals surface area contributed by atoms with Crippen molar-refractivity contribution in [1.29, 1.82) is 0 Å². The number of hydrogen-bond donors (Lipinski definition) is 0. The van der Waals surface area contributed by atoms with Crippen molar-refractivity contribution in [2.24, 2.45) is 5.92 Å². The van der Waals surface area contributed by atoms with E-state index in [1.54, 1.807) is 42.5 Å². The van der Waals surface area contributed by atoms with Crippen LogP contribution in [0.4, 0.5) is 0 Å². The van der Waals surface area contributed by atoms with Crippen LogP contribution in [-0.4, -0.2) is 109 Å². The van der Waals surface area contributed by atoms with E-state index < -0.39 is 29.7 Å². The molecule has 2 aliphatic rings. The maximum atomic E-state index is 13.2. The summed E-state index contributed by atoms with van der Waals surface area (Å²) in [5, 5.41) is 0. The van der Waals surface area contributed by atoms with Crippen molar-refractivity contribution in [3.8, 4) is 0 Å². The highest BCUT2D eigenvalue weighted by atomic mass is 32.2. The highest BCUT2D eigenvalue weighted by Crippen LogP contribution is 2.37. The summed E-state index contributed by atoms with van der Waals surface area (Å²) >= 11 is 0. The Morgan fingerprint density at radius 3 is 1.96 bits per heavy atom. The van der Waals surface area contributed by atoms with E-state index in [1.807, 2.05) is 17.9 Å². The Kier molecular flexibility index (Phi) is 11.5. The monoisotopic (exact) mass is 681 g/mol. The van der Waals surface area contributed by atoms with E-state index in [9.17, 15) is 30.0 Å². The molecule has 0 N–H and O–H groups in total. The Morgan fingerprint density at radius 1 is 0.822 bits per heavy atom. The average Bonchev–Trinajstić information content (AvgIpc) is 2.98. The third-order valence-corrected chi connectivity index (χ3v) is 12.9. The first kappa shape index (κ1) is 35.5. The fourth-order valence-corrected chi connectivity index (χ4v) is 8.99. The zero-order valence-electron chi connectivity index (χ0n) is 26.8. The molecule has 1 amide bonds. The molecule has 45 heavy (non-hydrogen) atoms. The molecule has 0 aliphatic carbocycles. The van der Waals surface area contributed by atoms with Crippen LogP contribution in [0.5, 0.6) is 0 Å². The number of benzene rings is 2. The quantitative estimate of drug-likeness (QED) is 0.334. The molecule has 2 heterocycles. The fraction of sp³-hybridized carbons (Fsp3) is 0.594. The number of likely N-dealkylation sites (N-methyl/N-ethyl adjacent to an activating group) is 1. The lowest BCUT2D eigenvalue weighted by molar-refractivity contribution is -0.133. The van der Waals surface area contributed by atoms with Gasteiger partial charge < -0.3 is 9.80 Å². The summed E-state index contributed by atoms with van der Waals surface area (Å²) < 4.78 is 73.9. The lowest BCUT2D eigenvalue weighted by Crippen LogP contribution is -2.48. The van der Waals surface area contributed by atoms with Gasteiger partial charge in [0.25, 0.3) is 0 Å². The number of carbonyl (C=O) groups excluding carboxylic acids is 1. The lowest BCUT2D eigenvalue weighted by atomic mass is 9.78. The maximum absolute atomic E-state index is 13.2. The fourth-order valence-electron chi connectivity index (χ4n) is 6.81. The zero-order valence-corrected chi connectivity index (χ0v) is 29.2. The van der Waals surface area contributed by atoms with Crippen LogP contribution in [-0.2, 0) is 40.9 Å². The molecule has 0 bridgehead atoms. The van der Waals surface area contributed by atoms with Crippen LogP contribution in [0.1, 0.15) is 56.1 Å². The van der Waals surface area contributed by atoms with Gasteiger partial charge in [-0.3, -0.25) is 4.79 Å². The molecule has 2 aromatic carbocycles. The van der Waals surface area contributed by atoms with E-state index in [0.29, 0.717) is 24.5 Å². The lowest BCUT2D eigenvalue weighted by Gasteiger charge is -2.40. The van der Waals surface area contributed by atoms with Crippen LogP contribution in [0.2, 0.25) is 0 Å². The molecule has 2 aliphatic heterocycles. The number of amides is 1. The van der Waals surface area contributed by atoms with Gasteiger partial charge in [-0.05, 0) is 92.8 Å². The van der Waals surface area contributed by atoms with Crippen molar-refractivity contribution in [1.82, 2.24) is 14.1 Å². The Labute approximate surface area is 269 Å². The highest BCUT2D eigenvalue weighted by molar-refractivity contribution is 7.91. The summed E-state index contributed by atoms with van der Waals surface area (Å²) in [4.78, 5) is 18.1. The standard InChI is InChI=1S/C32H47N3O7S3/c1-5-35(32(36)23-25-9-11-29(12-10-25)43(2,37)38)28-15-18-33(19-16-28)20-17-31(26-13-21-34(22-14-26)45(4,41)42)27-7-6-8-30(24-27)44(3,39)40/h6-12,24,26,28,31H,5,13-23H2,1-4H3/t31-/m1/s1. The number of hydrogen-bond acceptors (Lipinski definition) is 8. The molecule has 0 saturated carbocycles. The van der Waals surface area contributed by atoms with E-state index in [-0.39, 0.29) is 35.1 Å². The molecule has 2 saturated heterocycles. The van der Waals surface area contributed by atoms with Gasteiger partial charge >= 0.3 is 0 Å². The SMILES string of the molecule is CCN(C(=O)Cc1ccc(S(C)(=O)=O)cc1)C1CCN(CC[C@@H](c2cccc(S(C)(=O)=O)c2)C2CCN(S(C)(=O)=O)CC2)CC1. The summed E-state index contributed by atoms with van der Waals surface area (Å²) in [5.41, 5.74) is 1.77. The predicted molar refractivity (Wildman–Crippen MR) is 176 cm³/mol. The van der Waals surface area contributed by atoms with Crippen molar-refractivity contribution >= 4 is 35.6 Å². The Bertz CT molecular complexity index is 1640. The minimum Gasteiger partial charge on any atom is -0.340 e. The van der Waals surface area contributed by atoms with Crippen LogP contribution in [0.3, 0.4) is 0 Å². The van der Waals surface area contributed by atoms with E-state index in [4.69, 9.17) is 0 Å². The molecule has 4 rings (SSSR count). The van der Waals surface area contributed by atoms with E-state index in [2.05, 4.69) is 4.90 Å². The first-order valence-corrected chi connectivity index (χ1v) is 21.3. The summed E-state index contributed by atoms with van der Waals surface area (Å²) in [6.45, 7) is 6.07. The van der Waals surface area contributed by atoms with Gasteiger partial charge in [0.1, 0.15) is 0 Å².